The molecule has 1 aromatic heterocycles. The van der Waals surface area contributed by atoms with E-state index in [1.54, 1.807) is 13.1 Å². The van der Waals surface area contributed by atoms with Gasteiger partial charge in [0.2, 0.25) is 11.8 Å². The molecule has 146 valence electrons. The van der Waals surface area contributed by atoms with Crippen molar-refractivity contribution in [3.05, 3.63) is 65.5 Å². The lowest BCUT2D eigenvalue weighted by molar-refractivity contribution is -0.131. The minimum absolute atomic E-state index is 0.0693. The smallest absolute Gasteiger partial charge is 0.222 e. The fraction of sp³-hybridized carbons (Fsp3) is 0.435. The Labute approximate surface area is 166 Å². The molecule has 4 rings (SSSR count). The summed E-state index contributed by atoms with van der Waals surface area (Å²) in [4.78, 5) is 33.2. The second kappa shape index (κ2) is 7.74. The SMILES string of the molecule is CC(=O)N1C[C@H]2CN(C(=O)CCc3cccnc3)C[C@H]2[C@@H]1c1ccccc1C. The summed E-state index contributed by atoms with van der Waals surface area (Å²) in [5, 5.41) is 0. The van der Waals surface area contributed by atoms with Gasteiger partial charge in [-0.25, -0.2) is 0 Å². The first kappa shape index (κ1) is 18.7. The lowest BCUT2D eigenvalue weighted by Crippen LogP contribution is -2.36. The van der Waals surface area contributed by atoms with Crippen LogP contribution in [0.25, 0.3) is 0 Å². The number of benzene rings is 1. The number of aryl methyl sites for hydroxylation is 2. The Morgan fingerprint density at radius 2 is 1.93 bits per heavy atom. The Kier molecular flexibility index (Phi) is 5.16. The van der Waals surface area contributed by atoms with Gasteiger partial charge in [0.25, 0.3) is 0 Å². The van der Waals surface area contributed by atoms with Crippen LogP contribution in [0.1, 0.15) is 36.1 Å². The number of hydrogen-bond donors (Lipinski definition) is 0. The number of aromatic nitrogens is 1. The highest BCUT2D eigenvalue weighted by Crippen LogP contribution is 2.45. The highest BCUT2D eigenvalue weighted by atomic mass is 16.2. The summed E-state index contributed by atoms with van der Waals surface area (Å²) in [6.45, 7) is 5.99. The maximum Gasteiger partial charge on any atom is 0.222 e. The number of likely N-dealkylation sites (tertiary alicyclic amines) is 2. The molecule has 2 aliphatic heterocycles. The normalized spacial score (nSPS) is 23.7. The van der Waals surface area contributed by atoms with E-state index < -0.39 is 0 Å². The van der Waals surface area contributed by atoms with Crippen molar-refractivity contribution < 1.29 is 9.59 Å². The van der Waals surface area contributed by atoms with Gasteiger partial charge in [0.1, 0.15) is 0 Å². The van der Waals surface area contributed by atoms with E-state index in [0.29, 0.717) is 18.3 Å². The number of pyridine rings is 1. The zero-order chi connectivity index (χ0) is 19.7. The molecule has 2 saturated heterocycles. The van der Waals surface area contributed by atoms with E-state index in [1.165, 1.54) is 11.1 Å². The van der Waals surface area contributed by atoms with Gasteiger partial charge in [-0.1, -0.05) is 30.3 Å². The van der Waals surface area contributed by atoms with E-state index in [2.05, 4.69) is 24.0 Å². The Morgan fingerprint density at radius 1 is 1.11 bits per heavy atom. The number of nitrogens with zero attached hydrogens (tertiary/aromatic N) is 3. The molecule has 0 spiro atoms. The first-order chi connectivity index (χ1) is 13.5. The first-order valence-electron chi connectivity index (χ1n) is 10.0. The summed E-state index contributed by atoms with van der Waals surface area (Å²) in [6.07, 6.45) is 4.81. The fourth-order valence-electron chi connectivity index (χ4n) is 4.85. The average Bonchev–Trinajstić information content (AvgIpc) is 3.26. The second-order valence-corrected chi connectivity index (χ2v) is 8.06. The van der Waals surface area contributed by atoms with Gasteiger partial charge >= 0.3 is 0 Å². The average molecular weight is 377 g/mol. The standard InChI is InChI=1S/C23H27N3O2/c1-16-6-3-4-8-20(16)23-21-15-25(13-19(21)14-26(23)17(2)27)22(28)10-9-18-7-5-11-24-12-18/h3-8,11-12,19,21,23H,9-10,13-15H2,1-2H3/t19-,21-,23+/m1/s1. The molecule has 5 nitrogen and oxygen atoms in total. The zero-order valence-corrected chi connectivity index (χ0v) is 16.5. The highest BCUT2D eigenvalue weighted by Gasteiger charge is 2.49. The minimum atomic E-state index is 0.0693. The van der Waals surface area contributed by atoms with Crippen LogP contribution in [-0.4, -0.2) is 46.2 Å². The number of carbonyl (C=O) groups excluding carboxylic acids is 2. The lowest BCUT2D eigenvalue weighted by atomic mass is 9.87. The molecule has 1 aromatic carbocycles. The molecule has 3 heterocycles. The Hall–Kier alpha value is -2.69. The van der Waals surface area contributed by atoms with Crippen molar-refractivity contribution in [2.75, 3.05) is 19.6 Å². The van der Waals surface area contributed by atoms with E-state index in [9.17, 15) is 9.59 Å². The summed E-state index contributed by atoms with van der Waals surface area (Å²) in [7, 11) is 0. The van der Waals surface area contributed by atoms with Crippen LogP contribution in [0.5, 0.6) is 0 Å². The van der Waals surface area contributed by atoms with Crippen LogP contribution in [-0.2, 0) is 16.0 Å². The van der Waals surface area contributed by atoms with Gasteiger partial charge in [-0.15, -0.1) is 0 Å². The quantitative estimate of drug-likeness (QED) is 0.823. The Balaban J connectivity index is 1.48. The number of amides is 2. The van der Waals surface area contributed by atoms with Gasteiger partial charge in [0.05, 0.1) is 6.04 Å². The van der Waals surface area contributed by atoms with Crippen molar-refractivity contribution in [3.63, 3.8) is 0 Å². The molecule has 28 heavy (non-hydrogen) atoms. The van der Waals surface area contributed by atoms with E-state index in [1.807, 2.05) is 40.3 Å². The molecule has 5 heteroatoms. The molecule has 2 aliphatic rings. The molecule has 0 bridgehead atoms. The van der Waals surface area contributed by atoms with Gasteiger partial charge in [-0.05, 0) is 36.1 Å². The zero-order valence-electron chi connectivity index (χ0n) is 16.5. The lowest BCUT2D eigenvalue weighted by Gasteiger charge is -2.30. The van der Waals surface area contributed by atoms with Crippen LogP contribution >= 0.6 is 0 Å². The molecule has 0 unspecified atom stereocenters. The summed E-state index contributed by atoms with van der Waals surface area (Å²) < 4.78 is 0. The number of rotatable bonds is 4. The maximum atomic E-state index is 12.8. The second-order valence-electron chi connectivity index (χ2n) is 8.06. The van der Waals surface area contributed by atoms with Gasteiger partial charge in [0.15, 0.2) is 0 Å². The van der Waals surface area contributed by atoms with Crippen molar-refractivity contribution >= 4 is 11.8 Å². The van der Waals surface area contributed by atoms with Crippen LogP contribution in [0.3, 0.4) is 0 Å². The number of carbonyl (C=O) groups is 2. The molecule has 2 amide bonds. The molecule has 0 N–H and O–H groups in total. The molecule has 2 aromatic rings. The monoisotopic (exact) mass is 377 g/mol. The van der Waals surface area contributed by atoms with Crippen molar-refractivity contribution in [1.29, 1.82) is 0 Å². The summed E-state index contributed by atoms with van der Waals surface area (Å²) in [6, 6.07) is 12.3. The van der Waals surface area contributed by atoms with Crippen molar-refractivity contribution in [2.24, 2.45) is 11.8 Å². The third-order valence-corrected chi connectivity index (χ3v) is 6.28. The summed E-state index contributed by atoms with van der Waals surface area (Å²) in [5.41, 5.74) is 3.52. The third-order valence-electron chi connectivity index (χ3n) is 6.28. The number of fused-ring (bicyclic) bond motifs is 1. The van der Waals surface area contributed by atoms with Crippen LogP contribution in [0, 0.1) is 18.8 Å². The van der Waals surface area contributed by atoms with Crippen LogP contribution in [0.2, 0.25) is 0 Å². The maximum absolute atomic E-state index is 12.8. The summed E-state index contributed by atoms with van der Waals surface area (Å²) in [5.74, 6) is 0.997. The fourth-order valence-corrected chi connectivity index (χ4v) is 4.85. The molecular formula is C23H27N3O2. The third kappa shape index (κ3) is 3.53. The molecule has 3 atom stereocenters. The summed E-state index contributed by atoms with van der Waals surface area (Å²) >= 11 is 0. The van der Waals surface area contributed by atoms with Gasteiger partial charge in [0, 0.05) is 57.2 Å². The van der Waals surface area contributed by atoms with Crippen LogP contribution < -0.4 is 0 Å². The van der Waals surface area contributed by atoms with E-state index in [0.717, 1.165) is 31.6 Å². The van der Waals surface area contributed by atoms with Gasteiger partial charge < -0.3 is 9.80 Å². The molecule has 0 saturated carbocycles. The van der Waals surface area contributed by atoms with Crippen LogP contribution in [0.4, 0.5) is 0 Å². The van der Waals surface area contributed by atoms with E-state index in [-0.39, 0.29) is 17.9 Å². The highest BCUT2D eigenvalue weighted by molar-refractivity contribution is 5.77. The molecular weight excluding hydrogens is 350 g/mol. The van der Waals surface area contributed by atoms with Gasteiger partial charge in [-0.2, -0.15) is 0 Å². The van der Waals surface area contributed by atoms with Crippen molar-refractivity contribution in [2.45, 2.75) is 32.7 Å². The number of hydrogen-bond acceptors (Lipinski definition) is 3. The van der Waals surface area contributed by atoms with Crippen LogP contribution in [0.15, 0.2) is 48.8 Å². The molecule has 0 aliphatic carbocycles. The van der Waals surface area contributed by atoms with Gasteiger partial charge in [-0.3, -0.25) is 14.6 Å². The van der Waals surface area contributed by atoms with Crippen molar-refractivity contribution in [3.8, 4) is 0 Å². The minimum Gasteiger partial charge on any atom is -0.342 e. The Morgan fingerprint density at radius 3 is 2.64 bits per heavy atom. The first-order valence-corrected chi connectivity index (χ1v) is 10.0. The molecule has 2 fully saturated rings. The molecule has 0 radical (unpaired) electrons. The topological polar surface area (TPSA) is 53.5 Å². The van der Waals surface area contributed by atoms with E-state index in [4.69, 9.17) is 0 Å². The predicted molar refractivity (Wildman–Crippen MR) is 107 cm³/mol. The predicted octanol–water partition coefficient (Wildman–Crippen LogP) is 3.00. The van der Waals surface area contributed by atoms with E-state index >= 15 is 0 Å². The van der Waals surface area contributed by atoms with Crippen molar-refractivity contribution in [1.82, 2.24) is 14.8 Å². The Bertz CT molecular complexity index is 867. The largest absolute Gasteiger partial charge is 0.342 e.